The monoisotopic (exact) mass is 530 g/mol. The summed E-state index contributed by atoms with van der Waals surface area (Å²) in [6.07, 6.45) is 3.16. The number of nitrogens with one attached hydrogen (secondary N) is 3. The Labute approximate surface area is 222 Å². The summed E-state index contributed by atoms with van der Waals surface area (Å²) >= 11 is 1.64. The van der Waals surface area contributed by atoms with Gasteiger partial charge in [0.25, 0.3) is 5.91 Å². The van der Waals surface area contributed by atoms with Gasteiger partial charge in [-0.25, -0.2) is 23.7 Å². The van der Waals surface area contributed by atoms with Crippen LogP contribution >= 0.6 is 11.3 Å². The van der Waals surface area contributed by atoms with Crippen LogP contribution in [-0.4, -0.2) is 27.4 Å². The highest BCUT2D eigenvalue weighted by molar-refractivity contribution is 7.15. The Kier molecular flexibility index (Phi) is 7.50. The van der Waals surface area contributed by atoms with Gasteiger partial charge in [-0.1, -0.05) is 12.1 Å². The van der Waals surface area contributed by atoms with Gasteiger partial charge in [0.2, 0.25) is 0 Å². The van der Waals surface area contributed by atoms with E-state index in [2.05, 4.69) is 43.0 Å². The van der Waals surface area contributed by atoms with Crippen LogP contribution in [0, 0.1) is 11.6 Å². The lowest BCUT2D eigenvalue weighted by molar-refractivity contribution is 0.0951. The number of benzene rings is 2. The molecule has 5 rings (SSSR count). The van der Waals surface area contributed by atoms with E-state index in [9.17, 15) is 13.6 Å². The van der Waals surface area contributed by atoms with Crippen LogP contribution in [0.3, 0.4) is 0 Å². The Hall–Kier alpha value is -4.44. The second-order valence-electron chi connectivity index (χ2n) is 8.43. The number of carbonyl (C=O) groups is 1. The van der Waals surface area contributed by atoms with Gasteiger partial charge in [0.1, 0.15) is 18.0 Å². The van der Waals surface area contributed by atoms with Gasteiger partial charge in [-0.2, -0.15) is 0 Å². The molecule has 5 aromatic rings. The average molecular weight is 531 g/mol. The molecule has 10 heteroatoms. The number of aromatic nitrogens is 3. The minimum atomic E-state index is -0.953. The maximum Gasteiger partial charge on any atom is 0.255 e. The Bertz CT molecular complexity index is 1610. The van der Waals surface area contributed by atoms with E-state index in [1.807, 2.05) is 25.1 Å². The van der Waals surface area contributed by atoms with Crippen molar-refractivity contribution < 1.29 is 13.6 Å². The maximum absolute atomic E-state index is 13.5. The summed E-state index contributed by atoms with van der Waals surface area (Å²) in [5.41, 5.74) is 2.76. The normalized spacial score (nSPS) is 10.9. The quantitative estimate of drug-likeness (QED) is 0.216. The molecular formula is C28H24F2N6OS. The Morgan fingerprint density at radius 2 is 1.79 bits per heavy atom. The Morgan fingerprint density at radius 3 is 2.63 bits per heavy atom. The highest BCUT2D eigenvalue weighted by Gasteiger charge is 2.14. The molecule has 2 aromatic carbocycles. The number of pyridine rings is 1. The Morgan fingerprint density at radius 1 is 0.895 bits per heavy atom. The van der Waals surface area contributed by atoms with Crippen molar-refractivity contribution >= 4 is 39.8 Å². The van der Waals surface area contributed by atoms with Gasteiger partial charge in [0, 0.05) is 34.4 Å². The molecule has 7 nitrogen and oxygen atoms in total. The van der Waals surface area contributed by atoms with Gasteiger partial charge in [0.15, 0.2) is 11.6 Å². The summed E-state index contributed by atoms with van der Waals surface area (Å²) in [6, 6.07) is 17.1. The molecule has 0 aliphatic rings. The molecule has 3 aromatic heterocycles. The fourth-order valence-electron chi connectivity index (χ4n) is 3.97. The number of amides is 1. The number of fused-ring (bicyclic) bond motifs is 1. The van der Waals surface area contributed by atoms with Crippen LogP contribution in [0.4, 0.5) is 20.4 Å². The summed E-state index contributed by atoms with van der Waals surface area (Å²) < 4.78 is 26.6. The third kappa shape index (κ3) is 5.60. The molecule has 38 heavy (non-hydrogen) atoms. The first-order valence-electron chi connectivity index (χ1n) is 12.0. The summed E-state index contributed by atoms with van der Waals surface area (Å²) in [7, 11) is 0. The minimum Gasteiger partial charge on any atom is -0.370 e. The highest BCUT2D eigenvalue weighted by atomic mass is 32.1. The fourth-order valence-corrected chi connectivity index (χ4v) is 4.92. The van der Waals surface area contributed by atoms with Crippen molar-refractivity contribution in [3.63, 3.8) is 0 Å². The highest BCUT2D eigenvalue weighted by Crippen LogP contribution is 2.32. The van der Waals surface area contributed by atoms with Gasteiger partial charge in [-0.3, -0.25) is 4.79 Å². The number of nitrogens with zero attached hydrogens (tertiary/aromatic N) is 3. The number of halogens is 2. The van der Waals surface area contributed by atoms with Crippen molar-refractivity contribution in [2.24, 2.45) is 0 Å². The predicted octanol–water partition coefficient (Wildman–Crippen LogP) is 6.01. The third-order valence-electron chi connectivity index (χ3n) is 5.85. The summed E-state index contributed by atoms with van der Waals surface area (Å²) in [5, 5.41) is 10.2. The van der Waals surface area contributed by atoms with Crippen LogP contribution in [0.2, 0.25) is 0 Å². The van der Waals surface area contributed by atoms with Crippen molar-refractivity contribution in [1.29, 1.82) is 0 Å². The summed E-state index contributed by atoms with van der Waals surface area (Å²) in [6.45, 7) is 3.33. The zero-order valence-corrected chi connectivity index (χ0v) is 21.3. The molecule has 0 unspecified atom stereocenters. The molecule has 0 spiro atoms. The minimum absolute atomic E-state index is 0.0605. The standard InChI is InChI=1S/C28H24F2N6OS/c1-2-31-27-21-13-18(6-9-24(21)35-16-36-27)25-10-7-19(38-25)15-33-26-20(4-3-11-32-26)28(37)34-14-17-5-8-22(29)23(30)12-17/h3-13,16H,2,14-15H2,1H3,(H,32,33)(H,34,37)(H,31,35,36). The maximum atomic E-state index is 13.5. The van der Waals surface area contributed by atoms with E-state index in [-0.39, 0.29) is 12.5 Å². The molecular weight excluding hydrogens is 506 g/mol. The SMILES string of the molecule is CCNc1ncnc2ccc(-c3ccc(CNc4ncccc4C(=O)NCc4ccc(F)c(F)c4)s3)cc12. The van der Waals surface area contributed by atoms with Crippen LogP contribution < -0.4 is 16.0 Å². The molecule has 3 heterocycles. The summed E-state index contributed by atoms with van der Waals surface area (Å²) in [5.74, 6) is -1.01. The molecule has 0 aliphatic carbocycles. The number of anilines is 2. The van der Waals surface area contributed by atoms with E-state index in [1.54, 1.807) is 36.0 Å². The first-order valence-corrected chi connectivity index (χ1v) is 12.8. The second-order valence-corrected chi connectivity index (χ2v) is 9.60. The van der Waals surface area contributed by atoms with Gasteiger partial charge >= 0.3 is 0 Å². The average Bonchev–Trinajstić information content (AvgIpc) is 3.42. The van der Waals surface area contributed by atoms with Crippen molar-refractivity contribution in [3.8, 4) is 10.4 Å². The second kappa shape index (κ2) is 11.3. The molecule has 0 aliphatic heterocycles. The number of hydrogen-bond acceptors (Lipinski definition) is 7. The lowest BCUT2D eigenvalue weighted by Crippen LogP contribution is -2.24. The molecule has 1 amide bonds. The van der Waals surface area contributed by atoms with Crippen molar-refractivity contribution in [3.05, 3.63) is 101 Å². The molecule has 0 atom stereocenters. The van der Waals surface area contributed by atoms with E-state index < -0.39 is 11.6 Å². The zero-order chi connectivity index (χ0) is 26.5. The largest absolute Gasteiger partial charge is 0.370 e. The zero-order valence-electron chi connectivity index (χ0n) is 20.5. The van der Waals surface area contributed by atoms with Crippen LogP contribution in [0.5, 0.6) is 0 Å². The van der Waals surface area contributed by atoms with Crippen LogP contribution in [0.15, 0.2) is 73.2 Å². The van der Waals surface area contributed by atoms with Gasteiger partial charge < -0.3 is 16.0 Å². The molecule has 0 saturated heterocycles. The summed E-state index contributed by atoms with van der Waals surface area (Å²) in [4.78, 5) is 28.0. The molecule has 0 fully saturated rings. The Balaban J connectivity index is 1.27. The lowest BCUT2D eigenvalue weighted by atomic mass is 10.1. The van der Waals surface area contributed by atoms with E-state index in [4.69, 9.17) is 0 Å². The smallest absolute Gasteiger partial charge is 0.255 e. The van der Waals surface area contributed by atoms with Crippen molar-refractivity contribution in [2.45, 2.75) is 20.0 Å². The van der Waals surface area contributed by atoms with Gasteiger partial charge in [-0.15, -0.1) is 11.3 Å². The molecule has 0 radical (unpaired) electrons. The van der Waals surface area contributed by atoms with E-state index in [0.717, 1.165) is 50.7 Å². The lowest BCUT2D eigenvalue weighted by Gasteiger charge is -2.11. The van der Waals surface area contributed by atoms with Crippen molar-refractivity contribution in [1.82, 2.24) is 20.3 Å². The van der Waals surface area contributed by atoms with E-state index >= 15 is 0 Å². The van der Waals surface area contributed by atoms with Crippen LogP contribution in [0.1, 0.15) is 27.7 Å². The number of thiophene rings is 1. The van der Waals surface area contributed by atoms with E-state index in [1.165, 1.54) is 6.07 Å². The number of hydrogen-bond donors (Lipinski definition) is 3. The number of rotatable bonds is 9. The van der Waals surface area contributed by atoms with Crippen LogP contribution in [-0.2, 0) is 13.1 Å². The van der Waals surface area contributed by atoms with E-state index in [0.29, 0.717) is 23.5 Å². The van der Waals surface area contributed by atoms with Crippen LogP contribution in [0.25, 0.3) is 21.3 Å². The number of carbonyl (C=O) groups excluding carboxylic acids is 1. The first-order chi connectivity index (χ1) is 18.5. The topological polar surface area (TPSA) is 91.8 Å². The molecule has 3 N–H and O–H groups in total. The van der Waals surface area contributed by atoms with Crippen molar-refractivity contribution in [2.75, 3.05) is 17.2 Å². The molecule has 192 valence electrons. The van der Waals surface area contributed by atoms with Gasteiger partial charge in [0.05, 0.1) is 17.6 Å². The fraction of sp³-hybridized carbons (Fsp3) is 0.143. The molecule has 0 bridgehead atoms. The first kappa shape index (κ1) is 25.2. The third-order valence-corrected chi connectivity index (χ3v) is 6.98. The predicted molar refractivity (Wildman–Crippen MR) is 146 cm³/mol. The molecule has 0 saturated carbocycles. The van der Waals surface area contributed by atoms with Gasteiger partial charge in [-0.05, 0) is 66.6 Å².